The van der Waals surface area contributed by atoms with Crippen LogP contribution in [0.2, 0.25) is 0 Å². The van der Waals surface area contributed by atoms with E-state index < -0.39 is 0 Å². The Bertz CT molecular complexity index is 671. The lowest BCUT2D eigenvalue weighted by atomic mass is 10.1. The maximum Gasteiger partial charge on any atom is 0.338 e. The van der Waals surface area contributed by atoms with Gasteiger partial charge >= 0.3 is 5.97 Å². The molecular formula is C16H16BrNO3. The second kappa shape index (κ2) is 6.63. The average Bonchev–Trinajstić information content (AvgIpc) is 2.45. The molecule has 2 aromatic rings. The fourth-order valence-electron chi connectivity index (χ4n) is 2.00. The molecule has 0 aliphatic rings. The summed E-state index contributed by atoms with van der Waals surface area (Å²) in [6.45, 7) is 1.97. The molecular weight excluding hydrogens is 334 g/mol. The lowest BCUT2D eigenvalue weighted by molar-refractivity contribution is 0.0469. The normalized spacial score (nSPS) is 10.2. The minimum Gasteiger partial charge on any atom is -0.496 e. The fourth-order valence-corrected chi connectivity index (χ4v) is 2.41. The number of nitrogens with two attached hydrogens (primary N) is 1. The molecule has 0 aliphatic carbocycles. The third-order valence-electron chi connectivity index (χ3n) is 3.07. The maximum atomic E-state index is 12.1. The van der Waals surface area contributed by atoms with Gasteiger partial charge in [0.25, 0.3) is 0 Å². The van der Waals surface area contributed by atoms with Crippen LogP contribution in [-0.2, 0) is 11.3 Å². The Morgan fingerprint density at radius 3 is 2.67 bits per heavy atom. The highest BCUT2D eigenvalue weighted by Crippen LogP contribution is 2.24. The topological polar surface area (TPSA) is 61.5 Å². The van der Waals surface area contributed by atoms with Gasteiger partial charge in [0, 0.05) is 15.7 Å². The molecule has 0 bridgehead atoms. The largest absolute Gasteiger partial charge is 0.496 e. The number of hydrogen-bond donors (Lipinski definition) is 1. The van der Waals surface area contributed by atoms with E-state index in [2.05, 4.69) is 15.9 Å². The van der Waals surface area contributed by atoms with Gasteiger partial charge in [-0.05, 0) is 48.9 Å². The van der Waals surface area contributed by atoms with Crippen molar-refractivity contribution >= 4 is 27.6 Å². The van der Waals surface area contributed by atoms with Crippen LogP contribution in [0.5, 0.6) is 5.75 Å². The molecule has 0 aromatic heterocycles. The van der Waals surface area contributed by atoms with Gasteiger partial charge in [0.05, 0.1) is 12.7 Å². The molecule has 0 fully saturated rings. The Morgan fingerprint density at radius 2 is 2.00 bits per heavy atom. The predicted octanol–water partition coefficient (Wildman–Crippen LogP) is 3.71. The molecule has 0 saturated carbocycles. The van der Waals surface area contributed by atoms with Crippen LogP contribution in [0, 0.1) is 6.92 Å². The zero-order valence-corrected chi connectivity index (χ0v) is 13.4. The summed E-state index contributed by atoms with van der Waals surface area (Å²) in [5.74, 6) is 0.301. The number of methoxy groups -OCH3 is 1. The van der Waals surface area contributed by atoms with E-state index in [0.29, 0.717) is 17.0 Å². The van der Waals surface area contributed by atoms with Crippen LogP contribution >= 0.6 is 15.9 Å². The zero-order valence-electron chi connectivity index (χ0n) is 11.9. The van der Waals surface area contributed by atoms with E-state index in [0.717, 1.165) is 15.6 Å². The number of carbonyl (C=O) groups is 1. The molecule has 0 radical (unpaired) electrons. The Kier molecular flexibility index (Phi) is 4.85. The molecule has 0 heterocycles. The fraction of sp³-hybridized carbons (Fsp3) is 0.188. The Morgan fingerprint density at radius 1 is 1.24 bits per heavy atom. The first-order valence-corrected chi connectivity index (χ1v) is 7.16. The van der Waals surface area contributed by atoms with Crippen LogP contribution < -0.4 is 10.5 Å². The van der Waals surface area contributed by atoms with Crippen LogP contribution in [0.4, 0.5) is 5.69 Å². The number of nitrogen functional groups attached to an aromatic ring is 1. The van der Waals surface area contributed by atoms with Crippen molar-refractivity contribution in [1.82, 2.24) is 0 Å². The highest BCUT2D eigenvalue weighted by molar-refractivity contribution is 9.10. The predicted molar refractivity (Wildman–Crippen MR) is 85.4 cm³/mol. The summed E-state index contributed by atoms with van der Waals surface area (Å²) >= 11 is 3.39. The van der Waals surface area contributed by atoms with E-state index in [4.69, 9.17) is 15.2 Å². The van der Waals surface area contributed by atoms with Gasteiger partial charge in [0.2, 0.25) is 0 Å². The van der Waals surface area contributed by atoms with Gasteiger partial charge < -0.3 is 15.2 Å². The number of ether oxygens (including phenoxy) is 2. The highest BCUT2D eigenvalue weighted by Gasteiger charge is 2.12. The average molecular weight is 350 g/mol. The number of benzene rings is 2. The van der Waals surface area contributed by atoms with Crippen molar-refractivity contribution in [2.24, 2.45) is 0 Å². The van der Waals surface area contributed by atoms with Gasteiger partial charge in [0.15, 0.2) is 0 Å². The first-order chi connectivity index (χ1) is 10.0. The molecule has 0 aliphatic heterocycles. The van der Waals surface area contributed by atoms with Crippen LogP contribution in [0.3, 0.4) is 0 Å². The van der Waals surface area contributed by atoms with Crippen molar-refractivity contribution in [3.63, 3.8) is 0 Å². The van der Waals surface area contributed by atoms with Crippen LogP contribution in [-0.4, -0.2) is 13.1 Å². The van der Waals surface area contributed by atoms with E-state index in [1.807, 2.05) is 25.1 Å². The standard InChI is InChI=1S/C16H16BrNO3/c1-10-7-13(18)4-5-14(10)16(19)21-9-11-8-12(17)3-6-15(11)20-2/h3-8H,9,18H2,1-2H3. The van der Waals surface area contributed by atoms with E-state index in [1.54, 1.807) is 25.3 Å². The third kappa shape index (κ3) is 3.76. The second-order valence-electron chi connectivity index (χ2n) is 4.61. The van der Waals surface area contributed by atoms with Crippen molar-refractivity contribution in [3.05, 3.63) is 57.6 Å². The molecule has 0 spiro atoms. The van der Waals surface area contributed by atoms with Crippen LogP contribution in [0.15, 0.2) is 40.9 Å². The Balaban J connectivity index is 2.12. The summed E-state index contributed by atoms with van der Waals surface area (Å²) in [5, 5.41) is 0. The number of esters is 1. The zero-order chi connectivity index (χ0) is 15.4. The van der Waals surface area contributed by atoms with Crippen molar-refractivity contribution < 1.29 is 14.3 Å². The molecule has 0 amide bonds. The summed E-state index contributed by atoms with van der Waals surface area (Å²) < 4.78 is 11.5. The first-order valence-electron chi connectivity index (χ1n) is 6.37. The van der Waals surface area contributed by atoms with E-state index in [-0.39, 0.29) is 12.6 Å². The van der Waals surface area contributed by atoms with Crippen LogP contribution in [0.1, 0.15) is 21.5 Å². The van der Waals surface area contributed by atoms with Gasteiger partial charge in [-0.2, -0.15) is 0 Å². The molecule has 5 heteroatoms. The minimum atomic E-state index is -0.380. The highest BCUT2D eigenvalue weighted by atomic mass is 79.9. The smallest absolute Gasteiger partial charge is 0.338 e. The quantitative estimate of drug-likeness (QED) is 0.675. The van der Waals surface area contributed by atoms with Crippen molar-refractivity contribution in [2.45, 2.75) is 13.5 Å². The SMILES string of the molecule is COc1ccc(Br)cc1COC(=O)c1ccc(N)cc1C. The molecule has 0 saturated heterocycles. The second-order valence-corrected chi connectivity index (χ2v) is 5.52. The van der Waals surface area contributed by atoms with Crippen molar-refractivity contribution in [3.8, 4) is 5.75 Å². The molecule has 2 aromatic carbocycles. The number of halogens is 1. The number of anilines is 1. The summed E-state index contributed by atoms with van der Waals surface area (Å²) in [6.07, 6.45) is 0. The van der Waals surface area contributed by atoms with Crippen molar-refractivity contribution in [1.29, 1.82) is 0 Å². The Labute approximate surface area is 132 Å². The summed E-state index contributed by atoms with van der Waals surface area (Å²) in [6, 6.07) is 10.7. The monoisotopic (exact) mass is 349 g/mol. The number of hydrogen-bond acceptors (Lipinski definition) is 4. The maximum absolute atomic E-state index is 12.1. The lowest BCUT2D eigenvalue weighted by Crippen LogP contribution is -2.08. The molecule has 2 rings (SSSR count). The van der Waals surface area contributed by atoms with Gasteiger partial charge in [-0.15, -0.1) is 0 Å². The van der Waals surface area contributed by atoms with E-state index >= 15 is 0 Å². The molecule has 0 unspecified atom stereocenters. The van der Waals surface area contributed by atoms with Crippen molar-refractivity contribution in [2.75, 3.05) is 12.8 Å². The van der Waals surface area contributed by atoms with Gasteiger partial charge in [-0.3, -0.25) is 0 Å². The minimum absolute atomic E-state index is 0.144. The summed E-state index contributed by atoms with van der Waals surface area (Å²) in [7, 11) is 1.58. The van der Waals surface area contributed by atoms with Crippen LogP contribution in [0.25, 0.3) is 0 Å². The van der Waals surface area contributed by atoms with Gasteiger partial charge in [-0.25, -0.2) is 4.79 Å². The number of rotatable bonds is 4. The molecule has 2 N–H and O–H groups in total. The Hall–Kier alpha value is -2.01. The van der Waals surface area contributed by atoms with E-state index in [9.17, 15) is 4.79 Å². The molecule has 4 nitrogen and oxygen atoms in total. The molecule has 21 heavy (non-hydrogen) atoms. The molecule has 110 valence electrons. The number of aryl methyl sites for hydroxylation is 1. The first kappa shape index (κ1) is 15.4. The third-order valence-corrected chi connectivity index (χ3v) is 3.56. The lowest BCUT2D eigenvalue weighted by Gasteiger charge is -2.11. The summed E-state index contributed by atoms with van der Waals surface area (Å²) in [5.41, 5.74) is 8.40. The molecule has 0 atom stereocenters. The van der Waals surface area contributed by atoms with Gasteiger partial charge in [-0.1, -0.05) is 15.9 Å². The summed E-state index contributed by atoms with van der Waals surface area (Å²) in [4.78, 5) is 12.1. The van der Waals surface area contributed by atoms with Gasteiger partial charge in [0.1, 0.15) is 12.4 Å². The van der Waals surface area contributed by atoms with E-state index in [1.165, 1.54) is 0 Å². The number of carbonyl (C=O) groups excluding carboxylic acids is 1.